The molecule has 0 spiro atoms. The lowest BCUT2D eigenvalue weighted by atomic mass is 10.0. The molecular formula is C18H26Cl3N3O2. The Kier molecular flexibility index (Phi) is 8.67. The highest BCUT2D eigenvalue weighted by atomic mass is 35.5. The average Bonchev–Trinajstić information content (AvgIpc) is 2.95. The maximum atomic E-state index is 12.7. The molecule has 1 fully saturated rings. The van der Waals surface area contributed by atoms with E-state index < -0.39 is 5.92 Å². The fourth-order valence-corrected chi connectivity index (χ4v) is 3.28. The van der Waals surface area contributed by atoms with Crippen LogP contribution in [0.1, 0.15) is 26.7 Å². The second-order valence-corrected chi connectivity index (χ2v) is 7.73. The monoisotopic (exact) mass is 421 g/mol. The van der Waals surface area contributed by atoms with Crippen molar-refractivity contribution in [2.75, 3.05) is 25.0 Å². The molecular weight excluding hydrogens is 397 g/mol. The quantitative estimate of drug-likeness (QED) is 0.712. The third-order valence-corrected chi connectivity index (χ3v) is 5.29. The molecule has 0 aliphatic carbocycles. The van der Waals surface area contributed by atoms with Crippen LogP contribution in [-0.4, -0.2) is 42.9 Å². The molecule has 1 aliphatic rings. The Morgan fingerprint density at radius 1 is 1.38 bits per heavy atom. The average molecular weight is 423 g/mol. The number of carbonyl (C=O) groups is 2. The number of amides is 2. The van der Waals surface area contributed by atoms with Crippen molar-refractivity contribution in [1.82, 2.24) is 4.90 Å². The predicted molar refractivity (Wildman–Crippen MR) is 109 cm³/mol. The highest BCUT2D eigenvalue weighted by Crippen LogP contribution is 2.34. The third kappa shape index (κ3) is 5.26. The van der Waals surface area contributed by atoms with Gasteiger partial charge in [-0.2, -0.15) is 0 Å². The number of nitrogens with zero attached hydrogens (tertiary/aromatic N) is 2. The topological polar surface area (TPSA) is 66.6 Å². The van der Waals surface area contributed by atoms with Crippen molar-refractivity contribution >= 4 is 53.1 Å². The van der Waals surface area contributed by atoms with Crippen LogP contribution in [-0.2, 0) is 9.59 Å². The van der Waals surface area contributed by atoms with Crippen LogP contribution in [0.2, 0.25) is 10.0 Å². The zero-order valence-corrected chi connectivity index (χ0v) is 17.6. The van der Waals surface area contributed by atoms with Gasteiger partial charge in [-0.1, -0.05) is 37.0 Å². The van der Waals surface area contributed by atoms with Gasteiger partial charge in [0.25, 0.3) is 0 Å². The van der Waals surface area contributed by atoms with E-state index in [0.717, 1.165) is 0 Å². The first-order valence-electron chi connectivity index (χ1n) is 8.49. The maximum Gasteiger partial charge on any atom is 0.239 e. The Labute approximate surface area is 171 Å². The van der Waals surface area contributed by atoms with E-state index in [9.17, 15) is 9.59 Å². The van der Waals surface area contributed by atoms with Crippen molar-refractivity contribution in [2.45, 2.75) is 32.7 Å². The first-order chi connectivity index (χ1) is 11.7. The molecule has 0 bridgehead atoms. The zero-order valence-electron chi connectivity index (χ0n) is 15.2. The minimum absolute atomic E-state index is 0. The number of hydrogen-bond acceptors (Lipinski definition) is 3. The van der Waals surface area contributed by atoms with Crippen LogP contribution in [0, 0.1) is 11.8 Å². The van der Waals surface area contributed by atoms with Crippen molar-refractivity contribution in [2.24, 2.45) is 17.6 Å². The highest BCUT2D eigenvalue weighted by molar-refractivity contribution is 6.36. The van der Waals surface area contributed by atoms with Gasteiger partial charge >= 0.3 is 0 Å². The van der Waals surface area contributed by atoms with Crippen molar-refractivity contribution in [3.05, 3.63) is 28.2 Å². The second-order valence-electron chi connectivity index (χ2n) is 6.88. The lowest BCUT2D eigenvalue weighted by Gasteiger charge is -2.24. The summed E-state index contributed by atoms with van der Waals surface area (Å²) in [7, 11) is 1.72. The third-order valence-electron chi connectivity index (χ3n) is 4.73. The van der Waals surface area contributed by atoms with E-state index in [1.54, 1.807) is 35.0 Å². The molecule has 1 aromatic rings. The second kappa shape index (κ2) is 9.79. The predicted octanol–water partition coefficient (Wildman–Crippen LogP) is 3.60. The van der Waals surface area contributed by atoms with Gasteiger partial charge < -0.3 is 15.5 Å². The molecule has 2 unspecified atom stereocenters. The summed E-state index contributed by atoms with van der Waals surface area (Å²) in [6.07, 6.45) is 1.19. The van der Waals surface area contributed by atoms with Crippen LogP contribution in [0.5, 0.6) is 0 Å². The maximum absolute atomic E-state index is 12.7. The molecule has 0 radical (unpaired) electrons. The number of hydrogen-bond donors (Lipinski definition) is 1. The van der Waals surface area contributed by atoms with Crippen molar-refractivity contribution in [3.63, 3.8) is 0 Å². The van der Waals surface area contributed by atoms with Crippen LogP contribution in [0.4, 0.5) is 5.69 Å². The van der Waals surface area contributed by atoms with E-state index in [1.165, 1.54) is 0 Å². The first-order valence-corrected chi connectivity index (χ1v) is 9.25. The van der Waals surface area contributed by atoms with Crippen LogP contribution in [0.25, 0.3) is 0 Å². The van der Waals surface area contributed by atoms with Gasteiger partial charge in [-0.05, 0) is 37.0 Å². The number of carbonyl (C=O) groups excluding carboxylic acids is 2. The van der Waals surface area contributed by atoms with E-state index in [4.69, 9.17) is 28.9 Å². The van der Waals surface area contributed by atoms with E-state index >= 15 is 0 Å². The van der Waals surface area contributed by atoms with Gasteiger partial charge in [-0.15, -0.1) is 12.4 Å². The Bertz CT molecular complexity index is 655. The largest absolute Gasteiger partial charge is 0.345 e. The molecule has 0 saturated carbocycles. The fraction of sp³-hybridized carbons (Fsp3) is 0.556. The van der Waals surface area contributed by atoms with Crippen molar-refractivity contribution in [1.29, 1.82) is 0 Å². The summed E-state index contributed by atoms with van der Waals surface area (Å²) in [6.45, 7) is 5.10. The molecule has 1 heterocycles. The van der Waals surface area contributed by atoms with E-state index in [0.29, 0.717) is 47.6 Å². The Morgan fingerprint density at radius 2 is 2.04 bits per heavy atom. The van der Waals surface area contributed by atoms with Crippen LogP contribution < -0.4 is 10.6 Å². The van der Waals surface area contributed by atoms with Gasteiger partial charge in [-0.3, -0.25) is 9.59 Å². The minimum Gasteiger partial charge on any atom is -0.345 e. The minimum atomic E-state index is -0.671. The Morgan fingerprint density at radius 3 is 2.65 bits per heavy atom. The molecule has 2 N–H and O–H groups in total. The van der Waals surface area contributed by atoms with Crippen molar-refractivity contribution < 1.29 is 9.59 Å². The van der Waals surface area contributed by atoms with Gasteiger partial charge in [-0.25, -0.2) is 0 Å². The number of nitrogens with two attached hydrogens (primary N) is 1. The highest BCUT2D eigenvalue weighted by Gasteiger charge is 2.39. The summed E-state index contributed by atoms with van der Waals surface area (Å²) in [5, 5.41) is 0.948. The van der Waals surface area contributed by atoms with Crippen LogP contribution >= 0.6 is 35.6 Å². The van der Waals surface area contributed by atoms with Crippen LogP contribution in [0.15, 0.2) is 18.2 Å². The van der Waals surface area contributed by atoms with Gasteiger partial charge in [0.1, 0.15) is 5.92 Å². The number of anilines is 1. The molecule has 2 atom stereocenters. The number of rotatable bonds is 6. The lowest BCUT2D eigenvalue weighted by Crippen LogP contribution is -2.40. The van der Waals surface area contributed by atoms with Crippen molar-refractivity contribution in [3.8, 4) is 0 Å². The number of benzene rings is 1. The van der Waals surface area contributed by atoms with Gasteiger partial charge in [0.05, 0.1) is 10.7 Å². The summed E-state index contributed by atoms with van der Waals surface area (Å²) in [4.78, 5) is 28.5. The Balaban J connectivity index is 0.00000338. The summed E-state index contributed by atoms with van der Waals surface area (Å²) in [5.41, 5.74) is 6.59. The molecule has 2 amide bonds. The first kappa shape index (κ1) is 23.0. The Hall–Kier alpha value is -1.01. The molecule has 26 heavy (non-hydrogen) atoms. The van der Waals surface area contributed by atoms with E-state index in [2.05, 4.69) is 13.8 Å². The van der Waals surface area contributed by atoms with E-state index in [-0.39, 0.29) is 30.3 Å². The summed E-state index contributed by atoms with van der Waals surface area (Å²) < 4.78 is 0. The molecule has 1 aromatic carbocycles. The van der Waals surface area contributed by atoms with Gasteiger partial charge in [0.2, 0.25) is 11.8 Å². The van der Waals surface area contributed by atoms with Gasteiger partial charge in [0, 0.05) is 31.2 Å². The molecule has 1 aliphatic heterocycles. The molecule has 1 saturated heterocycles. The summed E-state index contributed by atoms with van der Waals surface area (Å²) in [6, 6.07) is 5.01. The summed E-state index contributed by atoms with van der Waals surface area (Å²) >= 11 is 12.2. The SMILES string of the molecule is CC(C)C(N)CCN(C)C(=O)C1CCN(c2cc(Cl)ccc2Cl)C1=O.Cl. The molecule has 5 nitrogen and oxygen atoms in total. The zero-order chi connectivity index (χ0) is 18.7. The fourth-order valence-electron chi connectivity index (χ4n) is 2.89. The van der Waals surface area contributed by atoms with Gasteiger partial charge in [0.15, 0.2) is 0 Å². The molecule has 8 heteroatoms. The van der Waals surface area contributed by atoms with E-state index in [1.807, 2.05) is 0 Å². The molecule has 2 rings (SSSR count). The normalized spacial score (nSPS) is 18.0. The smallest absolute Gasteiger partial charge is 0.239 e. The standard InChI is InChI=1S/C18H25Cl2N3O2.ClH/c1-11(2)15(21)7-8-22(3)17(24)13-6-9-23(18(13)25)16-10-12(19)4-5-14(16)20;/h4-5,10-11,13,15H,6-9,21H2,1-3H3;1H. The molecule has 146 valence electrons. The molecule has 0 aromatic heterocycles. The lowest BCUT2D eigenvalue weighted by molar-refractivity contribution is -0.138. The van der Waals surface area contributed by atoms with Crippen LogP contribution in [0.3, 0.4) is 0 Å². The summed E-state index contributed by atoms with van der Waals surface area (Å²) in [5.74, 6) is -0.705. The number of halogens is 3.